The van der Waals surface area contributed by atoms with Gasteiger partial charge in [-0.2, -0.15) is 0 Å². The van der Waals surface area contributed by atoms with Crippen molar-refractivity contribution in [2.75, 3.05) is 19.4 Å². The van der Waals surface area contributed by atoms with Crippen molar-refractivity contribution in [2.45, 2.75) is 72.2 Å². The number of benzene rings is 1. The number of carbonyl (C=O) groups excluding carboxylic acids is 2. The summed E-state index contributed by atoms with van der Waals surface area (Å²) in [5, 5.41) is 12.6. The Morgan fingerprint density at radius 1 is 1.18 bits per heavy atom. The molecule has 0 spiro atoms. The molecule has 9 nitrogen and oxygen atoms in total. The van der Waals surface area contributed by atoms with Gasteiger partial charge in [0.25, 0.3) is 5.91 Å². The number of hydrogen-bond donors (Lipinski definition) is 2. The normalized spacial score (nSPS) is 15.9. The Bertz CT molecular complexity index is 1490. The molecule has 0 unspecified atom stereocenters. The van der Waals surface area contributed by atoms with Crippen molar-refractivity contribution in [2.24, 2.45) is 5.92 Å². The molecule has 0 bridgehead atoms. The molecule has 2 N–H and O–H groups in total. The van der Waals surface area contributed by atoms with Crippen LogP contribution in [0.2, 0.25) is 0 Å². The van der Waals surface area contributed by atoms with Crippen LogP contribution in [0.25, 0.3) is 16.9 Å². The minimum Gasteiger partial charge on any atom is -0.443 e. The molecule has 10 heteroatoms. The van der Waals surface area contributed by atoms with E-state index in [0.29, 0.717) is 39.4 Å². The average molecular weight is 551 g/mol. The third-order valence-corrected chi connectivity index (χ3v) is 7.75. The summed E-state index contributed by atoms with van der Waals surface area (Å²) in [7, 11) is 3.85. The fraction of sp³-hybridized carbons (Fsp3) is 0.467. The molecule has 3 heterocycles. The first kappa shape index (κ1) is 29.2. The number of aromatic nitrogens is 2. The maximum Gasteiger partial charge on any atom is 0.417 e. The van der Waals surface area contributed by atoms with Crippen molar-refractivity contribution >= 4 is 29.0 Å². The summed E-state index contributed by atoms with van der Waals surface area (Å²) in [4.78, 5) is 34.5. The second kappa shape index (κ2) is 10.3. The highest BCUT2D eigenvalue weighted by molar-refractivity contribution is 6.12. The molecule has 0 fully saturated rings. The van der Waals surface area contributed by atoms with Gasteiger partial charge in [0.1, 0.15) is 17.1 Å². The zero-order valence-corrected chi connectivity index (χ0v) is 24.7. The van der Waals surface area contributed by atoms with E-state index in [9.17, 15) is 14.0 Å². The smallest absolute Gasteiger partial charge is 0.417 e. The Morgan fingerprint density at radius 2 is 1.85 bits per heavy atom. The molecular formula is C30H39FN6O3. The van der Waals surface area contributed by atoms with E-state index >= 15 is 0 Å². The topological polar surface area (TPSA) is 103 Å². The number of nitrogens with one attached hydrogen (secondary N) is 2. The second-order valence-electron chi connectivity index (χ2n) is 12.1. The first-order chi connectivity index (χ1) is 18.5. The van der Waals surface area contributed by atoms with Crippen LogP contribution >= 0.6 is 0 Å². The van der Waals surface area contributed by atoms with Crippen LogP contribution in [0.1, 0.15) is 64.4 Å². The fourth-order valence-electron chi connectivity index (χ4n) is 4.88. The highest BCUT2D eigenvalue weighted by Gasteiger charge is 2.42. The fourth-order valence-corrected chi connectivity index (χ4v) is 4.88. The number of imide groups is 1. The van der Waals surface area contributed by atoms with Crippen LogP contribution in [0.3, 0.4) is 0 Å². The highest BCUT2D eigenvalue weighted by Crippen LogP contribution is 2.40. The van der Waals surface area contributed by atoms with Gasteiger partial charge in [0.15, 0.2) is 0 Å². The van der Waals surface area contributed by atoms with Gasteiger partial charge in [0.05, 0.1) is 35.2 Å². The number of anilines is 1. The van der Waals surface area contributed by atoms with Crippen molar-refractivity contribution in [3.8, 4) is 11.3 Å². The first-order valence-corrected chi connectivity index (χ1v) is 13.4. The van der Waals surface area contributed by atoms with Crippen LogP contribution in [-0.2, 0) is 11.3 Å². The number of rotatable bonds is 7. The number of hydrogen-bond acceptors (Lipinski definition) is 7. The van der Waals surface area contributed by atoms with Crippen LogP contribution in [0.4, 0.5) is 14.9 Å². The van der Waals surface area contributed by atoms with Gasteiger partial charge < -0.3 is 20.4 Å². The predicted octanol–water partition coefficient (Wildman–Crippen LogP) is 5.83. The zero-order valence-electron chi connectivity index (χ0n) is 24.7. The molecule has 4 rings (SSSR count). The molecule has 0 radical (unpaired) electrons. The number of halogens is 1. The van der Waals surface area contributed by atoms with Crippen LogP contribution in [0.5, 0.6) is 0 Å². The number of carbonyl (C=O) groups is 2. The molecule has 0 saturated heterocycles. The minimum atomic E-state index is -0.792. The standard InChI is InChI=1S/C30H39FN6O3/c1-17(2)30(7,26(32)18(3)35(8)9)34-22-11-10-20(23-15-33-24-14-19(31)12-13-36(23)24)21-16-37(27(38)25(21)22)28(39)40-29(4,5)6/h10-15,17-18,32,34H,16H2,1-9H3/t18-,30+/m0/s1. The molecule has 40 heavy (non-hydrogen) atoms. The van der Waals surface area contributed by atoms with Gasteiger partial charge in [-0.1, -0.05) is 19.9 Å². The lowest BCUT2D eigenvalue weighted by molar-refractivity contribution is 0.0248. The van der Waals surface area contributed by atoms with E-state index in [1.54, 1.807) is 37.6 Å². The van der Waals surface area contributed by atoms with Gasteiger partial charge in [0.2, 0.25) is 0 Å². The molecule has 2 atom stereocenters. The summed E-state index contributed by atoms with van der Waals surface area (Å²) < 4.78 is 21.2. The molecule has 2 aromatic heterocycles. The largest absolute Gasteiger partial charge is 0.443 e. The molecule has 214 valence electrons. The van der Waals surface area contributed by atoms with Gasteiger partial charge >= 0.3 is 6.09 Å². The maximum absolute atomic E-state index is 13.9. The number of fused-ring (bicyclic) bond motifs is 2. The van der Waals surface area contributed by atoms with Crippen molar-refractivity contribution in [1.29, 1.82) is 5.41 Å². The van der Waals surface area contributed by atoms with E-state index in [4.69, 9.17) is 10.1 Å². The molecule has 0 aliphatic carbocycles. The molecule has 2 amide bonds. The van der Waals surface area contributed by atoms with E-state index in [0.717, 1.165) is 4.90 Å². The van der Waals surface area contributed by atoms with Crippen LogP contribution in [0.15, 0.2) is 36.7 Å². The Labute approximate surface area is 234 Å². The Balaban J connectivity index is 1.87. The molecule has 0 saturated carbocycles. The number of nitrogens with zero attached hydrogens (tertiary/aromatic N) is 4. The minimum absolute atomic E-state index is 0.00450. The van der Waals surface area contributed by atoms with Gasteiger partial charge in [-0.05, 0) is 72.3 Å². The number of ether oxygens (including phenoxy) is 1. The summed E-state index contributed by atoms with van der Waals surface area (Å²) in [6, 6.07) is 6.21. The molecular weight excluding hydrogens is 511 g/mol. The SMILES string of the molecule is CC(C)[C@@](C)(Nc1ccc(-c2cnc3cc(F)ccn23)c2c1C(=O)N(C(=O)OC(C)(C)C)C2)C(=N)[C@H](C)N(C)C. The lowest BCUT2D eigenvalue weighted by Gasteiger charge is -2.40. The van der Waals surface area contributed by atoms with E-state index < -0.39 is 29.0 Å². The van der Waals surface area contributed by atoms with E-state index in [1.807, 2.05) is 58.8 Å². The molecule has 1 aliphatic heterocycles. The second-order valence-corrected chi connectivity index (χ2v) is 12.1. The zero-order chi connectivity index (χ0) is 29.7. The van der Waals surface area contributed by atoms with Crippen molar-refractivity contribution in [3.63, 3.8) is 0 Å². The lowest BCUT2D eigenvalue weighted by atomic mass is 9.80. The average Bonchev–Trinajstić information content (AvgIpc) is 3.43. The molecule has 3 aromatic rings. The monoisotopic (exact) mass is 550 g/mol. The summed E-state index contributed by atoms with van der Waals surface area (Å²) in [6.07, 6.45) is 2.49. The third-order valence-electron chi connectivity index (χ3n) is 7.75. The maximum atomic E-state index is 13.9. The van der Waals surface area contributed by atoms with Crippen LogP contribution in [-0.4, -0.2) is 68.2 Å². The summed E-state index contributed by atoms with van der Waals surface area (Å²) in [5.41, 5.74) is 2.19. The molecule has 1 aromatic carbocycles. The van der Waals surface area contributed by atoms with Gasteiger partial charge in [0, 0.05) is 29.6 Å². The van der Waals surface area contributed by atoms with E-state index in [1.165, 1.54) is 12.1 Å². The number of imidazole rings is 1. The van der Waals surface area contributed by atoms with Crippen LogP contribution < -0.4 is 5.32 Å². The van der Waals surface area contributed by atoms with Crippen molar-refractivity contribution in [1.82, 2.24) is 19.2 Å². The predicted molar refractivity (Wildman–Crippen MR) is 154 cm³/mol. The van der Waals surface area contributed by atoms with E-state index in [2.05, 4.69) is 10.3 Å². The van der Waals surface area contributed by atoms with Crippen LogP contribution in [0, 0.1) is 17.1 Å². The van der Waals surface area contributed by atoms with E-state index in [-0.39, 0.29) is 18.5 Å². The van der Waals surface area contributed by atoms with Crippen molar-refractivity contribution < 1.29 is 18.7 Å². The number of pyridine rings is 1. The number of amides is 2. The Hall–Kier alpha value is -3.79. The van der Waals surface area contributed by atoms with Gasteiger partial charge in [-0.25, -0.2) is 19.1 Å². The summed E-state index contributed by atoms with van der Waals surface area (Å²) in [5.74, 6) is -0.875. The summed E-state index contributed by atoms with van der Waals surface area (Å²) >= 11 is 0. The van der Waals surface area contributed by atoms with Crippen molar-refractivity contribution in [3.05, 3.63) is 53.6 Å². The quantitative estimate of drug-likeness (QED) is 0.359. The third kappa shape index (κ3) is 5.20. The highest BCUT2D eigenvalue weighted by atomic mass is 19.1. The Morgan fingerprint density at radius 3 is 2.45 bits per heavy atom. The Kier molecular flexibility index (Phi) is 7.53. The first-order valence-electron chi connectivity index (χ1n) is 13.4. The lowest BCUT2D eigenvalue weighted by Crippen LogP contribution is -2.54. The molecule has 1 aliphatic rings. The summed E-state index contributed by atoms with van der Waals surface area (Å²) in [6.45, 7) is 13.3. The van der Waals surface area contributed by atoms with Gasteiger partial charge in [-0.3, -0.25) is 9.20 Å². The van der Waals surface area contributed by atoms with Gasteiger partial charge in [-0.15, -0.1) is 0 Å².